The zero-order chi connectivity index (χ0) is 33.7. The molecule has 226 valence electrons. The van der Waals surface area contributed by atoms with E-state index < -0.39 is 0 Å². The summed E-state index contributed by atoms with van der Waals surface area (Å²) >= 11 is 0. The van der Waals surface area contributed by atoms with E-state index in [0.717, 1.165) is 28.0 Å². The van der Waals surface area contributed by atoms with E-state index in [1.807, 2.05) is 66.7 Å². The first-order chi connectivity index (χ1) is 23.5. The van der Waals surface area contributed by atoms with Crippen molar-refractivity contribution in [2.24, 2.45) is 0 Å². The Bertz CT molecular complexity index is 2360. The molecular formula is C43H26N2O3. The third kappa shape index (κ3) is 7.86. The van der Waals surface area contributed by atoms with Gasteiger partial charge < -0.3 is 14.2 Å². The standard InChI is InChI=1S/C43H26N2O3/c1-46-41-11-7-6-9-36(41)20-14-32-15-21-37(42(27-32)47-2)22-16-33-17-23-38(43(28-33)48-3)25-24-35-19-13-31(26-40(35)30-45)12-18-34-8-4-5-10-39(34)29-44/h4-11,13,15,17,19,21,23,26-28H,1-3H3. The van der Waals surface area contributed by atoms with Gasteiger partial charge in [0, 0.05) is 27.8 Å². The molecule has 0 atom stereocenters. The summed E-state index contributed by atoms with van der Waals surface area (Å²) in [6.45, 7) is 0. The van der Waals surface area contributed by atoms with Gasteiger partial charge in [-0.2, -0.15) is 10.5 Å². The van der Waals surface area contributed by atoms with Gasteiger partial charge in [0.25, 0.3) is 0 Å². The Labute approximate surface area is 281 Å². The summed E-state index contributed by atoms with van der Waals surface area (Å²) in [7, 11) is 4.80. The average molecular weight is 619 g/mol. The van der Waals surface area contributed by atoms with Crippen LogP contribution < -0.4 is 14.2 Å². The number of ether oxygens (including phenoxy) is 3. The molecule has 0 unspecified atom stereocenters. The van der Waals surface area contributed by atoms with Crippen LogP contribution in [-0.4, -0.2) is 21.3 Å². The molecule has 5 nitrogen and oxygen atoms in total. The van der Waals surface area contributed by atoms with Crippen LogP contribution in [0.1, 0.15) is 55.6 Å². The van der Waals surface area contributed by atoms with Gasteiger partial charge >= 0.3 is 0 Å². The lowest BCUT2D eigenvalue weighted by Gasteiger charge is -2.05. The number of nitriles is 2. The maximum atomic E-state index is 9.77. The average Bonchev–Trinajstić information content (AvgIpc) is 3.15. The van der Waals surface area contributed by atoms with Crippen molar-refractivity contribution in [1.82, 2.24) is 0 Å². The largest absolute Gasteiger partial charge is 0.495 e. The maximum absolute atomic E-state index is 9.77. The van der Waals surface area contributed by atoms with Crippen molar-refractivity contribution < 1.29 is 14.2 Å². The highest BCUT2D eigenvalue weighted by molar-refractivity contribution is 5.60. The van der Waals surface area contributed by atoms with Crippen LogP contribution in [0, 0.1) is 70.0 Å². The van der Waals surface area contributed by atoms with Gasteiger partial charge in [-0.05, 0) is 78.9 Å². The smallest absolute Gasteiger partial charge is 0.135 e. The lowest BCUT2D eigenvalue weighted by molar-refractivity contribution is 0.413. The second-order valence-electron chi connectivity index (χ2n) is 10.1. The molecule has 48 heavy (non-hydrogen) atoms. The van der Waals surface area contributed by atoms with Gasteiger partial charge in [0.05, 0.1) is 49.1 Å². The van der Waals surface area contributed by atoms with E-state index >= 15 is 0 Å². The molecule has 0 bridgehead atoms. The molecule has 0 saturated heterocycles. The number of benzene rings is 5. The fourth-order valence-corrected chi connectivity index (χ4v) is 4.56. The van der Waals surface area contributed by atoms with Gasteiger partial charge in [0.1, 0.15) is 29.4 Å². The molecule has 5 aromatic carbocycles. The molecule has 0 fully saturated rings. The normalized spacial score (nSPS) is 9.27. The van der Waals surface area contributed by atoms with Gasteiger partial charge in [0.15, 0.2) is 0 Å². The van der Waals surface area contributed by atoms with Crippen LogP contribution in [0.3, 0.4) is 0 Å². The third-order valence-corrected chi connectivity index (χ3v) is 7.05. The minimum Gasteiger partial charge on any atom is -0.495 e. The van der Waals surface area contributed by atoms with Crippen molar-refractivity contribution in [2.45, 2.75) is 0 Å². The van der Waals surface area contributed by atoms with E-state index in [4.69, 9.17) is 14.2 Å². The van der Waals surface area contributed by atoms with E-state index in [1.165, 1.54) is 0 Å². The summed E-state index contributed by atoms with van der Waals surface area (Å²) in [6, 6.07) is 35.5. The minimum atomic E-state index is 0.398. The number of methoxy groups -OCH3 is 3. The monoisotopic (exact) mass is 618 g/mol. The lowest BCUT2D eigenvalue weighted by atomic mass is 10.0. The quantitative estimate of drug-likeness (QED) is 0.203. The van der Waals surface area contributed by atoms with Crippen LogP contribution in [0.25, 0.3) is 0 Å². The van der Waals surface area contributed by atoms with E-state index in [0.29, 0.717) is 44.9 Å². The number of hydrogen-bond donors (Lipinski definition) is 0. The summed E-state index contributed by atoms with van der Waals surface area (Å²) in [6.07, 6.45) is 0. The Morgan fingerprint density at radius 3 is 1.27 bits per heavy atom. The van der Waals surface area contributed by atoms with Crippen molar-refractivity contribution in [3.05, 3.63) is 159 Å². The Hall–Kier alpha value is -7.28. The Morgan fingerprint density at radius 1 is 0.354 bits per heavy atom. The van der Waals surface area contributed by atoms with Crippen LogP contribution in [0.4, 0.5) is 0 Å². The van der Waals surface area contributed by atoms with E-state index in [1.54, 1.807) is 57.7 Å². The third-order valence-electron chi connectivity index (χ3n) is 7.05. The first-order valence-electron chi connectivity index (χ1n) is 14.7. The SMILES string of the molecule is COc1ccccc1C#Cc1ccc(C#Cc2ccc(C#Cc3ccc(C#Cc4ccccc4C#N)cc3C#N)c(OC)c2)c(OC)c1. The van der Waals surface area contributed by atoms with Crippen LogP contribution in [0.5, 0.6) is 17.2 Å². The predicted octanol–water partition coefficient (Wildman–Crippen LogP) is 7.05. The van der Waals surface area contributed by atoms with Crippen molar-refractivity contribution in [1.29, 1.82) is 10.5 Å². The van der Waals surface area contributed by atoms with Crippen LogP contribution in [0.2, 0.25) is 0 Å². The molecule has 0 saturated carbocycles. The highest BCUT2D eigenvalue weighted by atomic mass is 16.5. The highest BCUT2D eigenvalue weighted by Gasteiger charge is 2.06. The molecule has 0 aliphatic rings. The fraction of sp³-hybridized carbons (Fsp3) is 0.0698. The number of hydrogen-bond acceptors (Lipinski definition) is 5. The molecule has 5 rings (SSSR count). The highest BCUT2D eigenvalue weighted by Crippen LogP contribution is 2.22. The Morgan fingerprint density at radius 2 is 0.729 bits per heavy atom. The fourth-order valence-electron chi connectivity index (χ4n) is 4.56. The molecule has 0 aliphatic heterocycles. The molecule has 0 N–H and O–H groups in total. The molecule has 0 radical (unpaired) electrons. The second-order valence-corrected chi connectivity index (χ2v) is 10.1. The summed E-state index contributed by atoms with van der Waals surface area (Å²) in [5.74, 6) is 26.8. The number of rotatable bonds is 3. The Kier molecular flexibility index (Phi) is 10.5. The first kappa shape index (κ1) is 32.1. The van der Waals surface area contributed by atoms with Gasteiger partial charge in [0.2, 0.25) is 0 Å². The minimum absolute atomic E-state index is 0.398. The molecule has 5 aromatic rings. The molecule has 0 aromatic heterocycles. The van der Waals surface area contributed by atoms with E-state index in [2.05, 4.69) is 59.5 Å². The molecule has 0 amide bonds. The van der Waals surface area contributed by atoms with Crippen molar-refractivity contribution >= 4 is 0 Å². The van der Waals surface area contributed by atoms with Crippen LogP contribution in [0.15, 0.2) is 103 Å². The summed E-state index contributed by atoms with van der Waals surface area (Å²) in [5.41, 5.74) is 6.44. The first-order valence-corrected chi connectivity index (χ1v) is 14.7. The van der Waals surface area contributed by atoms with Crippen molar-refractivity contribution in [3.8, 4) is 76.8 Å². The van der Waals surface area contributed by atoms with E-state index in [-0.39, 0.29) is 0 Å². The molecule has 0 spiro atoms. The van der Waals surface area contributed by atoms with Crippen LogP contribution in [-0.2, 0) is 0 Å². The topological polar surface area (TPSA) is 75.3 Å². The lowest BCUT2D eigenvalue weighted by Crippen LogP contribution is -1.91. The van der Waals surface area contributed by atoms with Crippen molar-refractivity contribution in [3.63, 3.8) is 0 Å². The molecular weight excluding hydrogens is 592 g/mol. The zero-order valence-electron chi connectivity index (χ0n) is 26.4. The van der Waals surface area contributed by atoms with Crippen molar-refractivity contribution in [2.75, 3.05) is 21.3 Å². The molecule has 0 aliphatic carbocycles. The summed E-state index contributed by atoms with van der Waals surface area (Å²) < 4.78 is 16.6. The maximum Gasteiger partial charge on any atom is 0.135 e. The van der Waals surface area contributed by atoms with Gasteiger partial charge in [-0.1, -0.05) is 71.6 Å². The van der Waals surface area contributed by atoms with Gasteiger partial charge in [-0.15, -0.1) is 0 Å². The van der Waals surface area contributed by atoms with Crippen LogP contribution >= 0.6 is 0 Å². The summed E-state index contributed by atoms with van der Waals surface area (Å²) in [4.78, 5) is 0. The second kappa shape index (κ2) is 15.6. The zero-order valence-corrected chi connectivity index (χ0v) is 26.4. The molecule has 0 heterocycles. The predicted molar refractivity (Wildman–Crippen MR) is 185 cm³/mol. The summed E-state index contributed by atoms with van der Waals surface area (Å²) in [5, 5.41) is 19.1. The molecule has 5 heteroatoms. The van der Waals surface area contributed by atoms with E-state index in [9.17, 15) is 10.5 Å². The number of para-hydroxylation sites is 1. The number of nitrogens with zero attached hydrogens (tertiary/aromatic N) is 2. The Balaban J connectivity index is 1.35. The van der Waals surface area contributed by atoms with Gasteiger partial charge in [-0.25, -0.2) is 0 Å². The van der Waals surface area contributed by atoms with Gasteiger partial charge in [-0.3, -0.25) is 0 Å².